The van der Waals surface area contributed by atoms with E-state index < -0.39 is 11.9 Å². The van der Waals surface area contributed by atoms with Crippen LogP contribution in [0.15, 0.2) is 33.0 Å². The number of halogens is 1. The Hall–Kier alpha value is -1.60. The molecule has 20 heavy (non-hydrogen) atoms. The van der Waals surface area contributed by atoms with Crippen LogP contribution in [0.3, 0.4) is 0 Å². The number of aliphatic hydroxyl groups excluding tert-OH is 1. The Morgan fingerprint density at radius 1 is 1.40 bits per heavy atom. The quantitative estimate of drug-likeness (QED) is 0.909. The Labute approximate surface area is 119 Å². The topological polar surface area (TPSA) is 70.9 Å². The van der Waals surface area contributed by atoms with Crippen LogP contribution >= 0.6 is 11.8 Å². The largest absolute Gasteiger partial charge is 0.389 e. The maximum atomic E-state index is 13.3. The Bertz CT molecular complexity index is 664. The van der Waals surface area contributed by atoms with E-state index >= 15 is 0 Å². The molecule has 0 spiro atoms. The molecule has 1 aromatic carbocycles. The Kier molecular flexibility index (Phi) is 4.29. The highest BCUT2D eigenvalue weighted by atomic mass is 32.2. The zero-order valence-electron chi connectivity index (χ0n) is 11.4. The van der Waals surface area contributed by atoms with E-state index in [1.54, 1.807) is 13.0 Å². The second-order valence-corrected chi connectivity index (χ2v) is 5.74. The maximum absolute atomic E-state index is 13.3. The van der Waals surface area contributed by atoms with E-state index in [0.717, 1.165) is 0 Å². The molecule has 2 rings (SSSR count). The van der Waals surface area contributed by atoms with Crippen molar-refractivity contribution >= 4 is 11.8 Å². The third kappa shape index (κ3) is 2.94. The summed E-state index contributed by atoms with van der Waals surface area (Å²) >= 11 is 1.22. The molecule has 0 saturated heterocycles. The number of hydrogen-bond acceptors (Lipinski definition) is 4. The fourth-order valence-electron chi connectivity index (χ4n) is 1.85. The number of aromatic amines is 1. The second kappa shape index (κ2) is 5.80. The normalized spacial score (nSPS) is 12.9. The fourth-order valence-corrected chi connectivity index (χ4v) is 3.02. The average molecular weight is 297 g/mol. The van der Waals surface area contributed by atoms with Crippen LogP contribution in [0.1, 0.15) is 38.5 Å². The van der Waals surface area contributed by atoms with Gasteiger partial charge in [-0.25, -0.2) is 14.3 Å². The molecule has 1 unspecified atom stereocenters. The highest BCUT2D eigenvalue weighted by Crippen LogP contribution is 2.33. The zero-order chi connectivity index (χ0) is 14.9. The van der Waals surface area contributed by atoms with Gasteiger partial charge in [0.25, 0.3) is 0 Å². The minimum absolute atomic E-state index is 0.0424. The number of nitrogens with one attached hydrogen (secondary N) is 1. The van der Waals surface area contributed by atoms with Gasteiger partial charge in [-0.3, -0.25) is 4.57 Å². The molecule has 1 aromatic heterocycles. The molecule has 5 nitrogen and oxygen atoms in total. The van der Waals surface area contributed by atoms with Gasteiger partial charge in [0.15, 0.2) is 5.16 Å². The second-order valence-electron chi connectivity index (χ2n) is 4.74. The number of nitrogens with zero attached hydrogens (tertiary/aromatic N) is 2. The maximum Gasteiger partial charge on any atom is 0.344 e. The van der Waals surface area contributed by atoms with E-state index in [0.29, 0.717) is 15.6 Å². The van der Waals surface area contributed by atoms with Crippen molar-refractivity contribution in [3.8, 4) is 0 Å². The van der Waals surface area contributed by atoms with Gasteiger partial charge in [0, 0.05) is 10.9 Å². The highest BCUT2D eigenvalue weighted by molar-refractivity contribution is 7.99. The third-order valence-corrected chi connectivity index (χ3v) is 3.87. The molecule has 0 amide bonds. The minimum Gasteiger partial charge on any atom is -0.389 e. The monoisotopic (exact) mass is 297 g/mol. The van der Waals surface area contributed by atoms with E-state index in [1.807, 2.05) is 13.8 Å². The van der Waals surface area contributed by atoms with Crippen molar-refractivity contribution in [1.29, 1.82) is 0 Å². The van der Waals surface area contributed by atoms with Crippen LogP contribution < -0.4 is 5.69 Å². The SMILES string of the molecule is CC(O)c1cc(F)ccc1Sc1n[nH]c(=O)n1C(C)C. The van der Waals surface area contributed by atoms with Crippen molar-refractivity contribution in [3.05, 3.63) is 40.1 Å². The van der Waals surface area contributed by atoms with Gasteiger partial charge in [-0.2, -0.15) is 0 Å². The minimum atomic E-state index is -0.800. The van der Waals surface area contributed by atoms with E-state index in [1.165, 1.54) is 28.5 Å². The Morgan fingerprint density at radius 2 is 2.10 bits per heavy atom. The molecule has 0 aliphatic rings. The van der Waals surface area contributed by atoms with Gasteiger partial charge in [-0.1, -0.05) is 0 Å². The van der Waals surface area contributed by atoms with Gasteiger partial charge in [0.2, 0.25) is 0 Å². The highest BCUT2D eigenvalue weighted by Gasteiger charge is 2.16. The first-order valence-corrected chi connectivity index (χ1v) is 7.04. The van der Waals surface area contributed by atoms with Gasteiger partial charge in [-0.15, -0.1) is 5.10 Å². The molecular weight excluding hydrogens is 281 g/mol. The number of hydrogen-bond donors (Lipinski definition) is 2. The molecule has 0 saturated carbocycles. The first-order chi connectivity index (χ1) is 9.40. The Morgan fingerprint density at radius 3 is 2.70 bits per heavy atom. The summed E-state index contributed by atoms with van der Waals surface area (Å²) in [6, 6.07) is 4.14. The first kappa shape index (κ1) is 14.8. The molecule has 0 aliphatic carbocycles. The van der Waals surface area contributed by atoms with Crippen LogP contribution in [0, 0.1) is 5.82 Å². The van der Waals surface area contributed by atoms with E-state index in [-0.39, 0.29) is 11.7 Å². The van der Waals surface area contributed by atoms with Crippen LogP contribution in [-0.2, 0) is 0 Å². The van der Waals surface area contributed by atoms with Crippen molar-refractivity contribution in [2.75, 3.05) is 0 Å². The number of aliphatic hydroxyl groups is 1. The van der Waals surface area contributed by atoms with Crippen molar-refractivity contribution in [1.82, 2.24) is 14.8 Å². The lowest BCUT2D eigenvalue weighted by Crippen LogP contribution is -2.19. The summed E-state index contributed by atoms with van der Waals surface area (Å²) in [7, 11) is 0. The molecule has 0 fully saturated rings. The summed E-state index contributed by atoms with van der Waals surface area (Å²) in [6.45, 7) is 5.32. The number of rotatable bonds is 4. The standard InChI is InChI=1S/C13H16FN3O2S/c1-7(2)17-12(19)15-16-13(17)20-11-5-4-9(14)6-10(11)8(3)18/h4-8,18H,1-3H3,(H,15,19). The summed E-state index contributed by atoms with van der Waals surface area (Å²) in [5.74, 6) is -0.409. The predicted octanol–water partition coefficient (Wildman–Crippen LogP) is 2.50. The van der Waals surface area contributed by atoms with Gasteiger partial charge in [-0.05, 0) is 56.3 Å². The summed E-state index contributed by atoms with van der Waals surface area (Å²) in [6.07, 6.45) is -0.800. The summed E-state index contributed by atoms with van der Waals surface area (Å²) in [4.78, 5) is 12.3. The molecule has 1 atom stereocenters. The van der Waals surface area contributed by atoms with Crippen molar-refractivity contribution in [2.24, 2.45) is 0 Å². The molecule has 0 radical (unpaired) electrons. The average Bonchev–Trinajstić information content (AvgIpc) is 2.72. The number of benzene rings is 1. The molecule has 2 aromatic rings. The van der Waals surface area contributed by atoms with Crippen LogP contribution in [0.25, 0.3) is 0 Å². The van der Waals surface area contributed by atoms with Gasteiger partial charge in [0.05, 0.1) is 6.10 Å². The van der Waals surface area contributed by atoms with Crippen LogP contribution in [0.2, 0.25) is 0 Å². The van der Waals surface area contributed by atoms with E-state index in [2.05, 4.69) is 10.2 Å². The molecule has 2 N–H and O–H groups in total. The number of H-pyrrole nitrogens is 1. The summed E-state index contributed by atoms with van der Waals surface area (Å²) < 4.78 is 14.8. The van der Waals surface area contributed by atoms with Gasteiger partial charge >= 0.3 is 5.69 Å². The van der Waals surface area contributed by atoms with Crippen molar-refractivity contribution < 1.29 is 9.50 Å². The van der Waals surface area contributed by atoms with Gasteiger partial charge in [0.1, 0.15) is 5.82 Å². The van der Waals surface area contributed by atoms with Crippen molar-refractivity contribution in [3.63, 3.8) is 0 Å². The summed E-state index contributed by atoms with van der Waals surface area (Å²) in [5.41, 5.74) is 0.184. The lowest BCUT2D eigenvalue weighted by molar-refractivity contribution is 0.196. The third-order valence-electron chi connectivity index (χ3n) is 2.81. The fraction of sp³-hybridized carbons (Fsp3) is 0.385. The smallest absolute Gasteiger partial charge is 0.344 e. The summed E-state index contributed by atoms with van der Waals surface area (Å²) in [5, 5.41) is 16.6. The molecular formula is C13H16FN3O2S. The van der Waals surface area contributed by atoms with Crippen LogP contribution in [-0.4, -0.2) is 19.9 Å². The molecule has 0 bridgehead atoms. The lowest BCUT2D eigenvalue weighted by atomic mass is 10.1. The van der Waals surface area contributed by atoms with E-state index in [4.69, 9.17) is 0 Å². The number of aromatic nitrogens is 3. The Balaban J connectivity index is 2.43. The molecule has 0 aliphatic heterocycles. The molecule has 1 heterocycles. The lowest BCUT2D eigenvalue weighted by Gasteiger charge is -2.13. The molecule has 7 heteroatoms. The zero-order valence-corrected chi connectivity index (χ0v) is 12.2. The van der Waals surface area contributed by atoms with E-state index in [9.17, 15) is 14.3 Å². The molecule has 108 valence electrons. The predicted molar refractivity (Wildman–Crippen MR) is 74.4 cm³/mol. The van der Waals surface area contributed by atoms with Crippen molar-refractivity contribution in [2.45, 2.75) is 43.0 Å². The van der Waals surface area contributed by atoms with Crippen LogP contribution in [0.5, 0.6) is 0 Å². The first-order valence-electron chi connectivity index (χ1n) is 6.22. The van der Waals surface area contributed by atoms with Gasteiger partial charge < -0.3 is 5.11 Å². The van der Waals surface area contributed by atoms with Crippen LogP contribution in [0.4, 0.5) is 4.39 Å².